The third kappa shape index (κ3) is 3.31. The Morgan fingerprint density at radius 2 is 1.83 bits per heavy atom. The summed E-state index contributed by atoms with van der Waals surface area (Å²) in [6, 6.07) is 14.5. The Hall–Kier alpha value is -4.07. The molecule has 1 N–H and O–H groups in total. The van der Waals surface area contributed by atoms with Crippen LogP contribution in [0.4, 0.5) is 5.69 Å². The van der Waals surface area contributed by atoms with Crippen molar-refractivity contribution < 1.29 is 14.5 Å². The van der Waals surface area contributed by atoms with Gasteiger partial charge in [0.15, 0.2) is 0 Å². The molecule has 2 aromatic carbocycles. The van der Waals surface area contributed by atoms with Gasteiger partial charge in [0.1, 0.15) is 5.84 Å². The zero-order valence-corrected chi connectivity index (χ0v) is 15.2. The number of benzene rings is 2. The van der Waals surface area contributed by atoms with Crippen molar-refractivity contribution in [1.29, 1.82) is 0 Å². The normalized spacial score (nSPS) is 19.7. The Balaban J connectivity index is 1.71. The second-order valence-electron chi connectivity index (χ2n) is 6.63. The molecule has 0 bridgehead atoms. The number of carbonyl (C=O) groups excluding carboxylic acids is 2. The van der Waals surface area contributed by atoms with Crippen LogP contribution in [0.5, 0.6) is 0 Å². The second-order valence-corrected chi connectivity index (χ2v) is 6.63. The molecule has 0 aliphatic carbocycles. The van der Waals surface area contributed by atoms with Crippen molar-refractivity contribution in [3.05, 3.63) is 100 Å². The minimum absolute atomic E-state index is 0.0494. The van der Waals surface area contributed by atoms with E-state index in [1.54, 1.807) is 71.8 Å². The van der Waals surface area contributed by atoms with Crippen LogP contribution in [-0.4, -0.2) is 33.1 Å². The minimum atomic E-state index is -1.46. The molecule has 0 fully saturated rings. The van der Waals surface area contributed by atoms with Crippen LogP contribution in [0.2, 0.25) is 0 Å². The maximum Gasteiger partial charge on any atom is 0.295 e. The third-order valence-electron chi connectivity index (χ3n) is 4.78. The zero-order chi connectivity index (χ0) is 20.4. The van der Waals surface area contributed by atoms with Gasteiger partial charge in [-0.1, -0.05) is 36.4 Å². The van der Waals surface area contributed by atoms with E-state index in [-0.39, 0.29) is 12.1 Å². The number of hydrogen-bond acceptors (Lipinski definition) is 5. The van der Waals surface area contributed by atoms with Gasteiger partial charge in [-0.15, -0.1) is 0 Å². The molecule has 144 valence electrons. The Bertz CT molecular complexity index is 1070. The number of nitro benzene ring substituents is 1. The highest BCUT2D eigenvalue weighted by Gasteiger charge is 2.51. The summed E-state index contributed by atoms with van der Waals surface area (Å²) in [6.45, 7) is 0. The van der Waals surface area contributed by atoms with Crippen molar-refractivity contribution in [3.8, 4) is 0 Å². The van der Waals surface area contributed by atoms with Gasteiger partial charge in [-0.2, -0.15) is 4.99 Å². The molecule has 0 radical (unpaired) electrons. The number of nitrogens with zero attached hydrogens (tertiary/aromatic N) is 3. The summed E-state index contributed by atoms with van der Waals surface area (Å²) in [7, 11) is 0. The fourth-order valence-corrected chi connectivity index (χ4v) is 3.35. The lowest BCUT2D eigenvalue weighted by atomic mass is 9.96. The van der Waals surface area contributed by atoms with Crippen molar-refractivity contribution >= 4 is 23.3 Å². The molecular weight excluding hydrogens is 372 g/mol. The number of amides is 2. The number of rotatable bonds is 5. The first-order chi connectivity index (χ1) is 14.0. The maximum absolute atomic E-state index is 13.0. The predicted octanol–water partition coefficient (Wildman–Crippen LogP) is 2.59. The van der Waals surface area contributed by atoms with E-state index < -0.39 is 22.4 Å². The van der Waals surface area contributed by atoms with E-state index in [1.807, 2.05) is 0 Å². The molecule has 1 atom stereocenters. The summed E-state index contributed by atoms with van der Waals surface area (Å²) in [4.78, 5) is 42.0. The zero-order valence-electron chi connectivity index (χ0n) is 15.2. The molecule has 2 amide bonds. The van der Waals surface area contributed by atoms with Crippen LogP contribution >= 0.6 is 0 Å². The lowest BCUT2D eigenvalue weighted by Gasteiger charge is -2.37. The molecule has 8 heteroatoms. The van der Waals surface area contributed by atoms with E-state index in [4.69, 9.17) is 0 Å². The molecule has 2 heterocycles. The summed E-state index contributed by atoms with van der Waals surface area (Å²) in [5.74, 6) is -0.501. The number of allylic oxidation sites excluding steroid dienone is 2. The smallest absolute Gasteiger partial charge is 0.295 e. The molecular formula is C21H16N4O4. The van der Waals surface area contributed by atoms with E-state index in [9.17, 15) is 19.7 Å². The molecule has 0 spiro atoms. The monoisotopic (exact) mass is 388 g/mol. The summed E-state index contributed by atoms with van der Waals surface area (Å²) >= 11 is 0. The molecule has 0 saturated heterocycles. The highest BCUT2D eigenvalue weighted by Crippen LogP contribution is 2.30. The van der Waals surface area contributed by atoms with Gasteiger partial charge < -0.3 is 10.2 Å². The number of hydrogen-bond donors (Lipinski definition) is 1. The van der Waals surface area contributed by atoms with Crippen molar-refractivity contribution in [2.24, 2.45) is 4.99 Å². The molecule has 1 unspecified atom stereocenters. The van der Waals surface area contributed by atoms with E-state index >= 15 is 0 Å². The average Bonchev–Trinajstić information content (AvgIpc) is 3.00. The van der Waals surface area contributed by atoms with Crippen LogP contribution in [0.25, 0.3) is 0 Å². The molecule has 2 aliphatic heterocycles. The number of aliphatic imine (C=N–C) groups is 1. The number of amidine groups is 1. The standard InChI is InChI=1S/C21H16N4O4/c26-19(16-6-2-1-3-7-16)23-21(14-15-9-11-17(12-10-15)25(28)29)20(27)22-18-8-4-5-13-24(18)21/h1-13H,14H2,(H,23,26). The fourth-order valence-electron chi connectivity index (χ4n) is 3.35. The van der Waals surface area contributed by atoms with Gasteiger partial charge >= 0.3 is 0 Å². The molecule has 0 saturated carbocycles. The Kier molecular flexibility index (Phi) is 4.52. The van der Waals surface area contributed by atoms with E-state index in [2.05, 4.69) is 10.3 Å². The van der Waals surface area contributed by atoms with Crippen LogP contribution in [0.1, 0.15) is 15.9 Å². The van der Waals surface area contributed by atoms with Gasteiger partial charge in [-0.3, -0.25) is 19.7 Å². The number of nitro groups is 1. The molecule has 0 aromatic heterocycles. The van der Waals surface area contributed by atoms with Crippen LogP contribution < -0.4 is 5.32 Å². The summed E-state index contributed by atoms with van der Waals surface area (Å²) < 4.78 is 0. The highest BCUT2D eigenvalue weighted by molar-refractivity contribution is 6.13. The van der Waals surface area contributed by atoms with Crippen molar-refractivity contribution in [3.63, 3.8) is 0 Å². The molecule has 8 nitrogen and oxygen atoms in total. The molecule has 4 rings (SSSR count). The number of nitrogens with one attached hydrogen (secondary N) is 1. The quantitative estimate of drug-likeness (QED) is 0.626. The van der Waals surface area contributed by atoms with Crippen LogP contribution in [0.3, 0.4) is 0 Å². The topological polar surface area (TPSA) is 105 Å². The van der Waals surface area contributed by atoms with E-state index in [1.165, 1.54) is 12.1 Å². The molecule has 2 aromatic rings. The first-order valence-corrected chi connectivity index (χ1v) is 8.88. The molecule has 2 aliphatic rings. The van der Waals surface area contributed by atoms with Gasteiger partial charge in [0.25, 0.3) is 17.5 Å². The van der Waals surface area contributed by atoms with Gasteiger partial charge in [0.2, 0.25) is 5.66 Å². The van der Waals surface area contributed by atoms with Crippen molar-refractivity contribution in [2.45, 2.75) is 12.1 Å². The first-order valence-electron chi connectivity index (χ1n) is 8.88. The van der Waals surface area contributed by atoms with Crippen LogP contribution in [-0.2, 0) is 11.2 Å². The fraction of sp³-hybridized carbons (Fsp3) is 0.0952. The Morgan fingerprint density at radius 3 is 2.52 bits per heavy atom. The van der Waals surface area contributed by atoms with Crippen LogP contribution in [0.15, 0.2) is 84.0 Å². The second kappa shape index (κ2) is 7.16. The van der Waals surface area contributed by atoms with Gasteiger partial charge in [-0.05, 0) is 29.8 Å². The SMILES string of the molecule is O=C(NC1(Cc2ccc([N+](=O)[O-])cc2)C(=O)N=C2C=CC=CN21)c1ccccc1. The lowest BCUT2D eigenvalue weighted by molar-refractivity contribution is -0.384. The summed E-state index contributed by atoms with van der Waals surface area (Å²) in [5, 5.41) is 13.8. The minimum Gasteiger partial charge on any atom is -0.321 e. The predicted molar refractivity (Wildman–Crippen MR) is 106 cm³/mol. The Labute approximate surface area is 166 Å². The van der Waals surface area contributed by atoms with Gasteiger partial charge in [0.05, 0.1) is 4.92 Å². The number of carbonyl (C=O) groups is 2. The van der Waals surface area contributed by atoms with E-state index in [0.29, 0.717) is 17.0 Å². The summed E-state index contributed by atoms with van der Waals surface area (Å²) in [5.41, 5.74) is -0.448. The highest BCUT2D eigenvalue weighted by atomic mass is 16.6. The molecule has 29 heavy (non-hydrogen) atoms. The third-order valence-corrected chi connectivity index (χ3v) is 4.78. The average molecular weight is 388 g/mol. The van der Waals surface area contributed by atoms with Gasteiger partial charge in [-0.25, -0.2) is 0 Å². The van der Waals surface area contributed by atoms with Crippen LogP contribution in [0, 0.1) is 10.1 Å². The van der Waals surface area contributed by atoms with E-state index in [0.717, 1.165) is 0 Å². The van der Waals surface area contributed by atoms with Crippen molar-refractivity contribution in [1.82, 2.24) is 10.2 Å². The number of non-ortho nitro benzene ring substituents is 1. The first kappa shape index (κ1) is 18.3. The number of fused-ring (bicyclic) bond motifs is 1. The maximum atomic E-state index is 13.0. The largest absolute Gasteiger partial charge is 0.321 e. The summed E-state index contributed by atoms with van der Waals surface area (Å²) in [6.07, 6.45) is 6.96. The van der Waals surface area contributed by atoms with Crippen molar-refractivity contribution in [2.75, 3.05) is 0 Å². The Morgan fingerprint density at radius 1 is 1.10 bits per heavy atom. The lowest BCUT2D eigenvalue weighted by Crippen LogP contribution is -2.63. The van der Waals surface area contributed by atoms with Gasteiger partial charge in [0, 0.05) is 30.3 Å².